The number of benzene rings is 1. The minimum Gasteiger partial charge on any atom is -0.481 e. The van der Waals surface area contributed by atoms with Crippen molar-refractivity contribution in [3.63, 3.8) is 0 Å². The van der Waals surface area contributed by atoms with Crippen LogP contribution in [0.4, 0.5) is 5.69 Å². The zero-order chi connectivity index (χ0) is 17.5. The van der Waals surface area contributed by atoms with Crippen molar-refractivity contribution in [1.29, 1.82) is 0 Å². The van der Waals surface area contributed by atoms with Crippen molar-refractivity contribution in [2.24, 2.45) is 0 Å². The van der Waals surface area contributed by atoms with Crippen molar-refractivity contribution in [2.75, 3.05) is 18.4 Å². The second kappa shape index (κ2) is 8.68. The third kappa shape index (κ3) is 5.23. The molecule has 2 amide bonds. The molecule has 130 valence electrons. The van der Waals surface area contributed by atoms with Crippen molar-refractivity contribution in [2.45, 2.75) is 38.5 Å². The normalized spacial score (nSPS) is 13.8. The average Bonchev–Trinajstić information content (AvgIpc) is 3.07. The Bertz CT molecular complexity index is 627. The summed E-state index contributed by atoms with van der Waals surface area (Å²) < 4.78 is 0. The van der Waals surface area contributed by atoms with Gasteiger partial charge in [-0.25, -0.2) is 0 Å². The molecule has 0 atom stereocenters. The maximum absolute atomic E-state index is 12.6. The molecule has 1 aromatic carbocycles. The number of amides is 2. The quantitative estimate of drug-likeness (QED) is 0.738. The minimum atomic E-state index is -0.869. The molecule has 2 rings (SSSR count). The number of rotatable bonds is 7. The molecule has 1 aliphatic rings. The fourth-order valence-electron chi connectivity index (χ4n) is 2.67. The topological polar surface area (TPSA) is 86.7 Å². The van der Waals surface area contributed by atoms with Crippen molar-refractivity contribution < 1.29 is 19.5 Å². The Morgan fingerprint density at radius 2 is 1.79 bits per heavy atom. The third-order valence-electron chi connectivity index (χ3n) is 3.92. The number of nitrogens with one attached hydrogen (secondary N) is 1. The van der Waals surface area contributed by atoms with E-state index in [9.17, 15) is 14.4 Å². The standard InChI is InChI=1S/C17H21ClN2O4/c18-12-7-8-14(19-15(21)5-1-2-6-16(22)23)13(11-12)17(24)20-9-3-4-10-20/h7-8,11H,1-6,9-10H2,(H,19,21)(H,22,23). The molecule has 0 saturated carbocycles. The van der Waals surface area contributed by atoms with Gasteiger partial charge in [-0.2, -0.15) is 0 Å². The number of halogens is 1. The van der Waals surface area contributed by atoms with E-state index < -0.39 is 5.97 Å². The van der Waals surface area contributed by atoms with Gasteiger partial charge in [0.25, 0.3) is 5.91 Å². The summed E-state index contributed by atoms with van der Waals surface area (Å²) in [6, 6.07) is 4.82. The molecule has 0 spiro atoms. The summed E-state index contributed by atoms with van der Waals surface area (Å²) in [5.74, 6) is -1.24. The number of carboxylic acid groups (broad SMARTS) is 1. The molecule has 2 N–H and O–H groups in total. The van der Waals surface area contributed by atoms with Crippen LogP contribution in [0.3, 0.4) is 0 Å². The number of unbranched alkanes of at least 4 members (excludes halogenated alkanes) is 1. The number of hydrogen-bond donors (Lipinski definition) is 2. The van der Waals surface area contributed by atoms with E-state index in [0.717, 1.165) is 12.8 Å². The van der Waals surface area contributed by atoms with Crippen molar-refractivity contribution in [3.05, 3.63) is 28.8 Å². The predicted molar refractivity (Wildman–Crippen MR) is 91.3 cm³/mol. The van der Waals surface area contributed by atoms with Crippen LogP contribution in [0.25, 0.3) is 0 Å². The van der Waals surface area contributed by atoms with E-state index in [1.54, 1.807) is 23.1 Å². The number of carbonyl (C=O) groups is 3. The van der Waals surface area contributed by atoms with Crippen molar-refractivity contribution in [3.8, 4) is 0 Å². The summed E-state index contributed by atoms with van der Waals surface area (Å²) in [4.78, 5) is 36.8. The van der Waals surface area contributed by atoms with Crippen molar-refractivity contribution >= 4 is 35.1 Å². The molecule has 7 heteroatoms. The van der Waals surface area contributed by atoms with E-state index in [1.165, 1.54) is 0 Å². The van der Waals surface area contributed by atoms with Gasteiger partial charge in [-0.1, -0.05) is 11.6 Å². The maximum Gasteiger partial charge on any atom is 0.303 e. The number of likely N-dealkylation sites (tertiary alicyclic amines) is 1. The first-order valence-electron chi connectivity index (χ1n) is 8.08. The van der Waals surface area contributed by atoms with Gasteiger partial charge in [-0.3, -0.25) is 14.4 Å². The first kappa shape index (κ1) is 18.3. The second-order valence-electron chi connectivity index (χ2n) is 5.84. The number of nitrogens with zero attached hydrogens (tertiary/aromatic N) is 1. The van der Waals surface area contributed by atoms with Crippen LogP contribution in [0.2, 0.25) is 5.02 Å². The SMILES string of the molecule is O=C(O)CCCCC(=O)Nc1ccc(Cl)cc1C(=O)N1CCCC1. The molecule has 1 saturated heterocycles. The summed E-state index contributed by atoms with van der Waals surface area (Å²) in [5.41, 5.74) is 0.836. The highest BCUT2D eigenvalue weighted by molar-refractivity contribution is 6.31. The van der Waals surface area contributed by atoms with Crippen LogP contribution in [-0.2, 0) is 9.59 Å². The fourth-order valence-corrected chi connectivity index (χ4v) is 2.84. The van der Waals surface area contributed by atoms with E-state index in [0.29, 0.717) is 42.2 Å². The molecule has 24 heavy (non-hydrogen) atoms. The van der Waals surface area contributed by atoms with Crippen LogP contribution in [0.15, 0.2) is 18.2 Å². The fraction of sp³-hybridized carbons (Fsp3) is 0.471. The first-order valence-corrected chi connectivity index (χ1v) is 8.45. The van der Waals surface area contributed by atoms with Gasteiger partial charge in [-0.15, -0.1) is 0 Å². The lowest BCUT2D eigenvalue weighted by Gasteiger charge is -2.18. The number of carboxylic acids is 1. The van der Waals surface area contributed by atoms with Crippen LogP contribution in [-0.4, -0.2) is 40.9 Å². The highest BCUT2D eigenvalue weighted by atomic mass is 35.5. The van der Waals surface area contributed by atoms with Gasteiger partial charge in [0.1, 0.15) is 0 Å². The summed E-state index contributed by atoms with van der Waals surface area (Å²) in [5, 5.41) is 11.8. The second-order valence-corrected chi connectivity index (χ2v) is 6.27. The molecule has 1 aromatic rings. The van der Waals surface area contributed by atoms with Gasteiger partial charge in [-0.05, 0) is 43.9 Å². The van der Waals surface area contributed by atoms with E-state index >= 15 is 0 Å². The Morgan fingerprint density at radius 3 is 2.46 bits per heavy atom. The highest BCUT2D eigenvalue weighted by Gasteiger charge is 2.22. The minimum absolute atomic E-state index is 0.0485. The van der Waals surface area contributed by atoms with Gasteiger partial charge in [0, 0.05) is 31.0 Å². The van der Waals surface area contributed by atoms with Gasteiger partial charge in [0.15, 0.2) is 0 Å². The molecule has 1 fully saturated rings. The monoisotopic (exact) mass is 352 g/mol. The predicted octanol–water partition coefficient (Wildman–Crippen LogP) is 3.16. The van der Waals surface area contributed by atoms with Crippen LogP contribution in [0.5, 0.6) is 0 Å². The molecule has 0 radical (unpaired) electrons. The van der Waals surface area contributed by atoms with Gasteiger partial charge in [0.2, 0.25) is 5.91 Å². The van der Waals surface area contributed by atoms with Crippen LogP contribution in [0, 0.1) is 0 Å². The molecular formula is C17H21ClN2O4. The molecule has 0 aliphatic carbocycles. The molecule has 1 aliphatic heterocycles. The Balaban J connectivity index is 2.00. The Morgan fingerprint density at radius 1 is 1.12 bits per heavy atom. The molecule has 0 aromatic heterocycles. The van der Waals surface area contributed by atoms with Crippen molar-refractivity contribution in [1.82, 2.24) is 4.90 Å². The van der Waals surface area contributed by atoms with Gasteiger partial charge < -0.3 is 15.3 Å². The molecule has 1 heterocycles. The number of aliphatic carboxylic acids is 1. The largest absolute Gasteiger partial charge is 0.481 e. The van der Waals surface area contributed by atoms with Crippen LogP contribution < -0.4 is 5.32 Å². The Kier molecular flexibility index (Phi) is 6.61. The van der Waals surface area contributed by atoms with Crippen LogP contribution >= 0.6 is 11.6 Å². The highest BCUT2D eigenvalue weighted by Crippen LogP contribution is 2.24. The Labute approximate surface area is 145 Å². The molecule has 6 nitrogen and oxygen atoms in total. The lowest BCUT2D eigenvalue weighted by Crippen LogP contribution is -2.28. The summed E-state index contributed by atoms with van der Waals surface area (Å²) >= 11 is 6.00. The zero-order valence-corrected chi connectivity index (χ0v) is 14.1. The number of anilines is 1. The van der Waals surface area contributed by atoms with E-state index in [2.05, 4.69) is 5.32 Å². The van der Waals surface area contributed by atoms with Gasteiger partial charge >= 0.3 is 5.97 Å². The van der Waals surface area contributed by atoms with Gasteiger partial charge in [0.05, 0.1) is 11.3 Å². The molecule has 0 bridgehead atoms. The first-order chi connectivity index (χ1) is 11.5. The van der Waals surface area contributed by atoms with E-state index in [1.807, 2.05) is 0 Å². The average molecular weight is 353 g/mol. The third-order valence-corrected chi connectivity index (χ3v) is 4.16. The van der Waals surface area contributed by atoms with E-state index in [4.69, 9.17) is 16.7 Å². The summed E-state index contributed by atoms with van der Waals surface area (Å²) in [6.45, 7) is 1.43. The molecule has 0 unspecified atom stereocenters. The zero-order valence-electron chi connectivity index (χ0n) is 13.4. The summed E-state index contributed by atoms with van der Waals surface area (Å²) in [6.07, 6.45) is 3.17. The van der Waals surface area contributed by atoms with Crippen LogP contribution in [0.1, 0.15) is 48.9 Å². The number of carbonyl (C=O) groups excluding carboxylic acids is 2. The Hall–Kier alpha value is -2.08. The number of hydrogen-bond acceptors (Lipinski definition) is 3. The lowest BCUT2D eigenvalue weighted by molar-refractivity contribution is -0.137. The smallest absolute Gasteiger partial charge is 0.303 e. The molecular weight excluding hydrogens is 332 g/mol. The maximum atomic E-state index is 12.6. The lowest BCUT2D eigenvalue weighted by atomic mass is 10.1. The summed E-state index contributed by atoms with van der Waals surface area (Å²) in [7, 11) is 0. The van der Waals surface area contributed by atoms with E-state index in [-0.39, 0.29) is 24.7 Å².